The van der Waals surface area contributed by atoms with Gasteiger partial charge in [-0.2, -0.15) is 0 Å². The molecule has 0 aliphatic heterocycles. The van der Waals surface area contributed by atoms with Gasteiger partial charge in [0.1, 0.15) is 0 Å². The lowest BCUT2D eigenvalue weighted by Crippen LogP contribution is -2.24. The largest absolute Gasteiger partial charge is 0.381 e. The van der Waals surface area contributed by atoms with Gasteiger partial charge >= 0.3 is 0 Å². The lowest BCUT2D eigenvalue weighted by molar-refractivity contribution is 0.128. The van der Waals surface area contributed by atoms with Gasteiger partial charge < -0.3 is 4.74 Å². The fourth-order valence-electron chi connectivity index (χ4n) is 3.28. The lowest BCUT2D eigenvalue weighted by atomic mass is 10.3. The summed E-state index contributed by atoms with van der Waals surface area (Å²) in [5.41, 5.74) is 0. The first-order valence-corrected chi connectivity index (χ1v) is 17.2. The molecular formula is C20H46OSi2. The molecule has 3 heteroatoms. The van der Waals surface area contributed by atoms with E-state index in [2.05, 4.69) is 40.0 Å². The molecule has 0 aromatic rings. The average Bonchev–Trinajstić information content (AvgIpc) is 2.49. The van der Waals surface area contributed by atoms with Gasteiger partial charge in [0.05, 0.1) is 0 Å². The van der Waals surface area contributed by atoms with Gasteiger partial charge in [0.25, 0.3) is 0 Å². The summed E-state index contributed by atoms with van der Waals surface area (Å²) < 4.78 is 5.86. The van der Waals surface area contributed by atoms with E-state index >= 15 is 0 Å². The van der Waals surface area contributed by atoms with Gasteiger partial charge in [0.2, 0.25) is 0 Å². The van der Waals surface area contributed by atoms with Crippen molar-refractivity contribution in [3.8, 4) is 0 Å². The van der Waals surface area contributed by atoms with Crippen LogP contribution in [0.5, 0.6) is 0 Å². The van der Waals surface area contributed by atoms with Crippen molar-refractivity contribution in [2.24, 2.45) is 0 Å². The maximum absolute atomic E-state index is 5.86. The molecule has 0 fully saturated rings. The minimum absolute atomic E-state index is 0.889. The summed E-state index contributed by atoms with van der Waals surface area (Å²) in [6, 6.07) is 6.02. The monoisotopic (exact) mass is 358 g/mol. The van der Waals surface area contributed by atoms with E-state index in [-0.39, 0.29) is 0 Å². The molecule has 0 unspecified atom stereocenters. The number of rotatable bonds is 16. The second-order valence-corrected chi connectivity index (χ2v) is 19.7. The molecular weight excluding hydrogens is 312 g/mol. The molecule has 0 bridgehead atoms. The van der Waals surface area contributed by atoms with Crippen LogP contribution in [0.2, 0.25) is 50.4 Å². The van der Waals surface area contributed by atoms with Crippen LogP contribution in [0.4, 0.5) is 0 Å². The normalized spacial score (nSPS) is 12.8. The first kappa shape index (κ1) is 23.4. The molecule has 140 valence electrons. The van der Waals surface area contributed by atoms with Crippen LogP contribution < -0.4 is 0 Å². The zero-order valence-corrected chi connectivity index (χ0v) is 19.3. The summed E-state index contributed by atoms with van der Waals surface area (Å²) in [5.74, 6) is 0. The molecule has 0 radical (unpaired) electrons. The Morgan fingerprint density at radius 1 is 0.522 bits per heavy atom. The van der Waals surface area contributed by atoms with Crippen LogP contribution in [0.15, 0.2) is 0 Å². The van der Waals surface area contributed by atoms with Crippen molar-refractivity contribution in [1.82, 2.24) is 0 Å². The quantitative estimate of drug-likeness (QED) is 0.204. The van der Waals surface area contributed by atoms with Crippen LogP contribution in [0, 0.1) is 0 Å². The molecule has 0 aromatic heterocycles. The summed E-state index contributed by atoms with van der Waals surface area (Å²) in [5, 5.41) is 0. The highest BCUT2D eigenvalue weighted by atomic mass is 28.3. The van der Waals surface area contributed by atoms with Crippen molar-refractivity contribution in [1.29, 1.82) is 0 Å². The second kappa shape index (κ2) is 13.7. The Morgan fingerprint density at radius 2 is 0.870 bits per heavy atom. The third-order valence-corrected chi connectivity index (χ3v) is 12.0. The molecule has 0 N–H and O–H groups in total. The third-order valence-electron chi connectivity index (χ3n) is 5.20. The van der Waals surface area contributed by atoms with Crippen molar-refractivity contribution >= 4 is 16.1 Å². The van der Waals surface area contributed by atoms with E-state index in [1.807, 2.05) is 0 Å². The van der Waals surface area contributed by atoms with Gasteiger partial charge in [-0.25, -0.2) is 0 Å². The summed E-state index contributed by atoms with van der Waals surface area (Å²) in [4.78, 5) is 0. The minimum Gasteiger partial charge on any atom is -0.381 e. The topological polar surface area (TPSA) is 9.23 Å². The minimum atomic E-state index is -0.889. The van der Waals surface area contributed by atoms with Crippen LogP contribution in [0.3, 0.4) is 0 Å². The summed E-state index contributed by atoms with van der Waals surface area (Å²) >= 11 is 0. The van der Waals surface area contributed by atoms with Gasteiger partial charge in [-0.15, -0.1) is 0 Å². The van der Waals surface area contributed by atoms with E-state index in [0.717, 1.165) is 13.2 Å². The standard InChI is InChI=1S/C20H46OSi2/c1-7-9-17-22(3,4)19-13-11-15-21-16-12-14-20-23(5,6)18-10-8-2/h7-20H2,1-6H3. The Kier molecular flexibility index (Phi) is 13.9. The molecule has 0 aromatic carbocycles. The molecule has 0 saturated heterocycles. The van der Waals surface area contributed by atoms with E-state index in [1.165, 1.54) is 75.5 Å². The SMILES string of the molecule is CCCC[Si](C)(C)CCCCOCCCC[Si](C)(C)CCCC. The number of hydrogen-bond acceptors (Lipinski definition) is 1. The summed E-state index contributed by atoms with van der Waals surface area (Å²) in [6.45, 7) is 16.9. The van der Waals surface area contributed by atoms with Crippen LogP contribution in [0.1, 0.15) is 65.2 Å². The fourth-order valence-corrected chi connectivity index (χ4v) is 8.81. The van der Waals surface area contributed by atoms with Crippen molar-refractivity contribution < 1.29 is 4.74 Å². The highest BCUT2D eigenvalue weighted by molar-refractivity contribution is 6.77. The molecule has 0 spiro atoms. The zero-order valence-electron chi connectivity index (χ0n) is 17.3. The van der Waals surface area contributed by atoms with Gasteiger partial charge in [0, 0.05) is 29.4 Å². The predicted molar refractivity (Wildman–Crippen MR) is 113 cm³/mol. The van der Waals surface area contributed by atoms with E-state index in [4.69, 9.17) is 4.74 Å². The van der Waals surface area contributed by atoms with E-state index < -0.39 is 16.1 Å². The highest BCUT2D eigenvalue weighted by Crippen LogP contribution is 2.22. The molecule has 0 saturated carbocycles. The van der Waals surface area contributed by atoms with Gasteiger partial charge in [-0.3, -0.25) is 0 Å². The number of hydrogen-bond donors (Lipinski definition) is 0. The fraction of sp³-hybridized carbons (Fsp3) is 1.00. The lowest BCUT2D eigenvalue weighted by Gasteiger charge is -2.22. The smallest absolute Gasteiger partial charge is 0.0473 e. The molecule has 0 atom stereocenters. The highest BCUT2D eigenvalue weighted by Gasteiger charge is 2.19. The second-order valence-electron chi connectivity index (χ2n) is 9.06. The van der Waals surface area contributed by atoms with Crippen LogP contribution in [0.25, 0.3) is 0 Å². The van der Waals surface area contributed by atoms with Crippen molar-refractivity contribution in [2.75, 3.05) is 13.2 Å². The van der Waals surface area contributed by atoms with Crippen LogP contribution in [-0.4, -0.2) is 29.4 Å². The first-order valence-electron chi connectivity index (χ1n) is 10.4. The molecule has 23 heavy (non-hydrogen) atoms. The molecule has 0 aliphatic carbocycles. The van der Waals surface area contributed by atoms with Crippen molar-refractivity contribution in [2.45, 2.75) is 116 Å². The Balaban J connectivity index is 3.43. The maximum Gasteiger partial charge on any atom is 0.0473 e. The molecule has 1 nitrogen and oxygen atoms in total. The molecule has 0 amide bonds. The van der Waals surface area contributed by atoms with E-state index in [1.54, 1.807) is 0 Å². The van der Waals surface area contributed by atoms with E-state index in [0.29, 0.717) is 0 Å². The Morgan fingerprint density at radius 3 is 1.22 bits per heavy atom. The summed E-state index contributed by atoms with van der Waals surface area (Å²) in [6.07, 6.45) is 10.9. The van der Waals surface area contributed by atoms with Crippen LogP contribution in [-0.2, 0) is 4.74 Å². The van der Waals surface area contributed by atoms with Gasteiger partial charge in [-0.05, 0) is 12.8 Å². The Labute approximate surface area is 150 Å². The maximum atomic E-state index is 5.86. The predicted octanol–water partition coefficient (Wildman–Crippen LogP) is 7.58. The summed E-state index contributed by atoms with van der Waals surface area (Å²) in [7, 11) is -1.78. The zero-order chi connectivity index (χ0) is 17.6. The average molecular weight is 359 g/mol. The Hall–Kier alpha value is 0.394. The number of unbranched alkanes of at least 4 members (excludes halogenated alkanes) is 4. The van der Waals surface area contributed by atoms with Gasteiger partial charge in [0.15, 0.2) is 0 Å². The van der Waals surface area contributed by atoms with Crippen molar-refractivity contribution in [3.05, 3.63) is 0 Å². The van der Waals surface area contributed by atoms with E-state index in [9.17, 15) is 0 Å². The van der Waals surface area contributed by atoms with Crippen molar-refractivity contribution in [3.63, 3.8) is 0 Å². The first-order chi connectivity index (χ1) is 10.8. The van der Waals surface area contributed by atoms with Gasteiger partial charge in [-0.1, -0.05) is 103 Å². The Bertz CT molecular complexity index is 238. The van der Waals surface area contributed by atoms with Crippen LogP contribution >= 0.6 is 0 Å². The third kappa shape index (κ3) is 15.7. The molecule has 0 aliphatic rings. The molecule has 0 heterocycles. The number of ether oxygens (including phenoxy) is 1. The molecule has 0 rings (SSSR count).